The minimum Gasteiger partial charge on any atom is -0.379 e. The third-order valence-corrected chi connectivity index (χ3v) is 4.54. The van der Waals surface area contributed by atoms with E-state index < -0.39 is 10.0 Å². The summed E-state index contributed by atoms with van der Waals surface area (Å²) in [6.07, 6.45) is 0.967. The summed E-state index contributed by atoms with van der Waals surface area (Å²) < 4.78 is 31.8. The Kier molecular flexibility index (Phi) is 8.54. The van der Waals surface area contributed by atoms with Crippen molar-refractivity contribution in [3.05, 3.63) is 29.3 Å². The fourth-order valence-corrected chi connectivity index (χ4v) is 3.06. The van der Waals surface area contributed by atoms with Gasteiger partial charge in [-0.15, -0.1) is 0 Å². The summed E-state index contributed by atoms with van der Waals surface area (Å²) in [5.41, 5.74) is 0. The third kappa shape index (κ3) is 8.31. The molecule has 0 spiro atoms. The van der Waals surface area contributed by atoms with Gasteiger partial charge in [-0.25, -0.2) is 13.1 Å². The number of hydrogen-bond acceptors (Lipinski definition) is 4. The normalized spacial score (nSPS) is 11.7. The topological polar surface area (TPSA) is 84.5 Å². The van der Waals surface area contributed by atoms with Gasteiger partial charge < -0.3 is 10.1 Å². The van der Waals surface area contributed by atoms with E-state index in [9.17, 15) is 13.2 Å². The molecule has 0 atom stereocenters. The Labute approximate surface area is 142 Å². The number of nitrogens with one attached hydrogen (secondary N) is 2. The van der Waals surface area contributed by atoms with Crippen LogP contribution in [0.3, 0.4) is 0 Å². The van der Waals surface area contributed by atoms with Crippen molar-refractivity contribution in [2.75, 3.05) is 19.7 Å². The molecule has 0 bridgehead atoms. The fraction of sp³-hybridized carbons (Fsp3) is 0.533. The zero-order valence-electron chi connectivity index (χ0n) is 13.3. The Hall–Kier alpha value is -1.15. The molecule has 1 aromatic carbocycles. The van der Waals surface area contributed by atoms with Crippen LogP contribution in [0.4, 0.5) is 0 Å². The molecule has 0 fully saturated rings. The quantitative estimate of drug-likeness (QED) is 0.623. The third-order valence-electron chi connectivity index (χ3n) is 2.84. The molecule has 0 aliphatic rings. The maximum atomic E-state index is 12.0. The van der Waals surface area contributed by atoms with E-state index in [1.807, 2.05) is 13.8 Å². The van der Waals surface area contributed by atoms with Gasteiger partial charge in [0.15, 0.2) is 0 Å². The molecule has 0 saturated heterocycles. The lowest BCUT2D eigenvalue weighted by Gasteiger charge is -2.09. The molecule has 0 aliphatic carbocycles. The van der Waals surface area contributed by atoms with Crippen molar-refractivity contribution in [1.82, 2.24) is 10.0 Å². The zero-order chi connectivity index (χ0) is 17.3. The lowest BCUT2D eigenvalue weighted by Crippen LogP contribution is -2.31. The van der Waals surface area contributed by atoms with Gasteiger partial charge in [0.1, 0.15) is 0 Å². The Bertz CT molecular complexity index is 605. The lowest BCUT2D eigenvalue weighted by atomic mass is 10.3. The first-order valence-electron chi connectivity index (χ1n) is 7.45. The lowest BCUT2D eigenvalue weighted by molar-refractivity contribution is -0.120. The van der Waals surface area contributed by atoms with Crippen LogP contribution in [0.2, 0.25) is 5.02 Å². The Balaban J connectivity index is 2.26. The van der Waals surface area contributed by atoms with Crippen molar-refractivity contribution < 1.29 is 17.9 Å². The molecule has 8 heteroatoms. The summed E-state index contributed by atoms with van der Waals surface area (Å²) in [6, 6.07) is 5.96. The summed E-state index contributed by atoms with van der Waals surface area (Å²) in [5.74, 6) is -0.205. The first kappa shape index (κ1) is 19.9. The molecule has 0 radical (unpaired) electrons. The maximum absolute atomic E-state index is 12.0. The Morgan fingerprint density at radius 2 is 2.04 bits per heavy atom. The molecule has 0 aliphatic heterocycles. The molecule has 0 saturated carbocycles. The smallest absolute Gasteiger partial charge is 0.240 e. The van der Waals surface area contributed by atoms with Crippen LogP contribution in [0.1, 0.15) is 26.7 Å². The predicted octanol–water partition coefficient (Wildman–Crippen LogP) is 1.94. The number of carbonyl (C=O) groups is 1. The molecule has 1 aromatic rings. The standard InChI is InChI=1S/C15H23ClN2O4S/c1-12(2)22-10-4-8-17-15(19)7-9-18-23(20,21)14-6-3-5-13(16)11-14/h3,5-6,11-12,18H,4,7-10H2,1-2H3,(H,17,19). The van der Waals surface area contributed by atoms with Gasteiger partial charge in [-0.3, -0.25) is 4.79 Å². The van der Waals surface area contributed by atoms with Crippen LogP contribution in [-0.4, -0.2) is 40.1 Å². The molecule has 1 rings (SSSR count). The van der Waals surface area contributed by atoms with Gasteiger partial charge in [0, 0.05) is 31.1 Å². The molecule has 130 valence electrons. The Morgan fingerprint density at radius 1 is 1.30 bits per heavy atom. The molecule has 0 aromatic heterocycles. The fourth-order valence-electron chi connectivity index (χ4n) is 1.72. The van der Waals surface area contributed by atoms with Crippen molar-refractivity contribution in [3.63, 3.8) is 0 Å². The van der Waals surface area contributed by atoms with Crippen LogP contribution in [0, 0.1) is 0 Å². The van der Waals surface area contributed by atoms with Crippen molar-refractivity contribution >= 4 is 27.5 Å². The van der Waals surface area contributed by atoms with Gasteiger partial charge >= 0.3 is 0 Å². The number of rotatable bonds is 10. The average Bonchev–Trinajstić information content (AvgIpc) is 2.46. The summed E-state index contributed by atoms with van der Waals surface area (Å²) in [4.78, 5) is 11.7. The molecule has 0 heterocycles. The number of sulfonamides is 1. The first-order valence-corrected chi connectivity index (χ1v) is 9.31. The number of ether oxygens (including phenoxy) is 1. The van der Waals surface area contributed by atoms with E-state index in [0.717, 1.165) is 6.42 Å². The van der Waals surface area contributed by atoms with E-state index in [0.29, 0.717) is 18.2 Å². The highest BCUT2D eigenvalue weighted by molar-refractivity contribution is 7.89. The predicted molar refractivity (Wildman–Crippen MR) is 90.0 cm³/mol. The number of benzene rings is 1. The number of halogens is 1. The highest BCUT2D eigenvalue weighted by Gasteiger charge is 2.14. The first-order chi connectivity index (χ1) is 10.8. The SMILES string of the molecule is CC(C)OCCCNC(=O)CCNS(=O)(=O)c1cccc(Cl)c1. The maximum Gasteiger partial charge on any atom is 0.240 e. The van der Waals surface area contributed by atoms with Gasteiger partial charge in [-0.2, -0.15) is 0 Å². The van der Waals surface area contributed by atoms with Gasteiger partial charge in [0.25, 0.3) is 0 Å². The van der Waals surface area contributed by atoms with Gasteiger partial charge in [0.05, 0.1) is 11.0 Å². The van der Waals surface area contributed by atoms with Crippen molar-refractivity contribution in [1.29, 1.82) is 0 Å². The van der Waals surface area contributed by atoms with Crippen molar-refractivity contribution in [2.45, 2.75) is 37.7 Å². The highest BCUT2D eigenvalue weighted by atomic mass is 35.5. The molecule has 2 N–H and O–H groups in total. The second-order valence-corrected chi connectivity index (χ2v) is 7.43. The van der Waals surface area contributed by atoms with Gasteiger partial charge in [0.2, 0.25) is 15.9 Å². The van der Waals surface area contributed by atoms with Crippen LogP contribution >= 0.6 is 11.6 Å². The summed E-state index contributed by atoms with van der Waals surface area (Å²) in [6.45, 7) is 5.02. The zero-order valence-corrected chi connectivity index (χ0v) is 14.9. The number of amides is 1. The van der Waals surface area contributed by atoms with E-state index >= 15 is 0 Å². The van der Waals surface area contributed by atoms with E-state index in [-0.39, 0.29) is 29.9 Å². The second-order valence-electron chi connectivity index (χ2n) is 5.23. The van der Waals surface area contributed by atoms with E-state index in [1.165, 1.54) is 12.1 Å². The molecular formula is C15H23ClN2O4S. The minimum atomic E-state index is -3.65. The molecule has 6 nitrogen and oxygen atoms in total. The summed E-state index contributed by atoms with van der Waals surface area (Å²) >= 11 is 5.77. The van der Waals surface area contributed by atoms with Gasteiger partial charge in [-0.1, -0.05) is 17.7 Å². The number of hydrogen-bond donors (Lipinski definition) is 2. The molecular weight excluding hydrogens is 340 g/mol. The Morgan fingerprint density at radius 3 is 2.70 bits per heavy atom. The van der Waals surface area contributed by atoms with Crippen molar-refractivity contribution in [2.24, 2.45) is 0 Å². The van der Waals surface area contributed by atoms with Crippen LogP contribution in [0.15, 0.2) is 29.2 Å². The largest absolute Gasteiger partial charge is 0.379 e. The minimum absolute atomic E-state index is 0.0309. The second kappa shape index (κ2) is 9.87. The molecule has 1 amide bonds. The summed E-state index contributed by atoms with van der Waals surface area (Å²) in [7, 11) is -3.65. The van der Waals surface area contributed by atoms with Gasteiger partial charge in [-0.05, 0) is 38.5 Å². The van der Waals surface area contributed by atoms with Crippen molar-refractivity contribution in [3.8, 4) is 0 Å². The number of carbonyl (C=O) groups excluding carboxylic acids is 1. The van der Waals surface area contributed by atoms with Crippen LogP contribution in [0.5, 0.6) is 0 Å². The van der Waals surface area contributed by atoms with Crippen LogP contribution in [-0.2, 0) is 19.6 Å². The van der Waals surface area contributed by atoms with Crippen LogP contribution < -0.4 is 10.0 Å². The highest BCUT2D eigenvalue weighted by Crippen LogP contribution is 2.14. The van der Waals surface area contributed by atoms with E-state index in [1.54, 1.807) is 12.1 Å². The monoisotopic (exact) mass is 362 g/mol. The average molecular weight is 363 g/mol. The molecule has 0 unspecified atom stereocenters. The molecule has 23 heavy (non-hydrogen) atoms. The van der Waals surface area contributed by atoms with Crippen LogP contribution in [0.25, 0.3) is 0 Å². The summed E-state index contributed by atoms with van der Waals surface area (Å²) in [5, 5.41) is 3.06. The van der Waals surface area contributed by atoms with E-state index in [4.69, 9.17) is 16.3 Å². The van der Waals surface area contributed by atoms with E-state index in [2.05, 4.69) is 10.0 Å².